The van der Waals surface area contributed by atoms with E-state index in [4.69, 9.17) is 4.42 Å². The minimum Gasteiger partial charge on any atom is -0.448 e. The smallest absolute Gasteiger partial charge is 0.289 e. The van der Waals surface area contributed by atoms with Crippen molar-refractivity contribution in [2.24, 2.45) is 0 Å². The van der Waals surface area contributed by atoms with Gasteiger partial charge in [0, 0.05) is 13.6 Å². The van der Waals surface area contributed by atoms with Gasteiger partial charge in [-0.1, -0.05) is 12.1 Å². The molecule has 4 nitrogen and oxygen atoms in total. The highest BCUT2D eigenvalue weighted by atomic mass is 32.1. The van der Waals surface area contributed by atoms with E-state index in [0.29, 0.717) is 18.1 Å². The van der Waals surface area contributed by atoms with Crippen molar-refractivity contribution in [3.63, 3.8) is 0 Å². The van der Waals surface area contributed by atoms with Crippen LogP contribution < -0.4 is 0 Å². The fourth-order valence-corrected chi connectivity index (χ4v) is 2.80. The number of hydrogen-bond acceptors (Lipinski definition) is 4. The first-order valence-corrected chi connectivity index (χ1v) is 7.22. The lowest BCUT2D eigenvalue weighted by Gasteiger charge is -2.11. The van der Waals surface area contributed by atoms with Gasteiger partial charge in [0.25, 0.3) is 5.91 Å². The minimum absolute atomic E-state index is 0.111. The van der Waals surface area contributed by atoms with Crippen LogP contribution in [0.2, 0.25) is 0 Å². The van der Waals surface area contributed by atoms with Crippen molar-refractivity contribution in [2.45, 2.75) is 6.92 Å². The Labute approximate surface area is 120 Å². The number of aromatic nitrogens is 1. The highest BCUT2D eigenvalue weighted by Gasteiger charge is 2.17. The first-order valence-electron chi connectivity index (χ1n) is 6.40. The number of furan rings is 1. The Morgan fingerprint density at radius 1 is 1.30 bits per heavy atom. The second-order valence-corrected chi connectivity index (χ2v) is 5.50. The first kappa shape index (κ1) is 12.9. The molecule has 0 saturated carbocycles. The molecule has 102 valence electrons. The lowest BCUT2D eigenvalue weighted by atomic mass is 10.3. The highest BCUT2D eigenvalue weighted by Crippen LogP contribution is 2.31. The van der Waals surface area contributed by atoms with E-state index in [0.717, 1.165) is 15.2 Å². The van der Waals surface area contributed by atoms with Crippen LogP contribution in [0.15, 0.2) is 40.8 Å². The van der Waals surface area contributed by atoms with Crippen molar-refractivity contribution in [3.05, 3.63) is 42.2 Å². The number of nitrogens with zero attached hydrogens (tertiary/aromatic N) is 2. The van der Waals surface area contributed by atoms with Gasteiger partial charge in [-0.3, -0.25) is 4.79 Å². The van der Waals surface area contributed by atoms with Gasteiger partial charge in [0.05, 0.1) is 10.2 Å². The molecule has 0 radical (unpaired) electrons. The molecular weight excluding hydrogens is 272 g/mol. The van der Waals surface area contributed by atoms with E-state index in [1.54, 1.807) is 35.4 Å². The third-order valence-electron chi connectivity index (χ3n) is 3.14. The topological polar surface area (TPSA) is 46.3 Å². The van der Waals surface area contributed by atoms with E-state index in [2.05, 4.69) is 4.98 Å². The van der Waals surface area contributed by atoms with Crippen molar-refractivity contribution >= 4 is 27.5 Å². The standard InChI is InChI=1S/C15H14N2O2S/c1-3-17(2)15(18)12-9-8-11(19-12)14-16-10-6-4-5-7-13(10)20-14/h4-9H,3H2,1-2H3. The molecule has 0 saturated heterocycles. The van der Waals surface area contributed by atoms with Crippen LogP contribution in [0.25, 0.3) is 21.0 Å². The molecule has 3 aromatic rings. The second kappa shape index (κ2) is 5.09. The molecule has 3 rings (SSSR count). The summed E-state index contributed by atoms with van der Waals surface area (Å²) in [6.45, 7) is 2.57. The molecule has 5 heteroatoms. The Morgan fingerprint density at radius 2 is 2.10 bits per heavy atom. The summed E-state index contributed by atoms with van der Waals surface area (Å²) in [5.41, 5.74) is 0.947. The molecule has 0 N–H and O–H groups in total. The monoisotopic (exact) mass is 286 g/mol. The molecule has 0 bridgehead atoms. The summed E-state index contributed by atoms with van der Waals surface area (Å²) in [5, 5.41) is 0.796. The largest absolute Gasteiger partial charge is 0.448 e. The summed E-state index contributed by atoms with van der Waals surface area (Å²) < 4.78 is 6.75. The van der Waals surface area contributed by atoms with E-state index >= 15 is 0 Å². The van der Waals surface area contributed by atoms with Crippen LogP contribution in [0.5, 0.6) is 0 Å². The van der Waals surface area contributed by atoms with Gasteiger partial charge in [-0.15, -0.1) is 11.3 Å². The van der Waals surface area contributed by atoms with E-state index in [1.807, 2.05) is 31.2 Å². The fourth-order valence-electron chi connectivity index (χ4n) is 1.88. The van der Waals surface area contributed by atoms with Crippen LogP contribution >= 0.6 is 11.3 Å². The number of carbonyl (C=O) groups is 1. The van der Waals surface area contributed by atoms with Crippen LogP contribution in [0.1, 0.15) is 17.5 Å². The van der Waals surface area contributed by atoms with Gasteiger partial charge in [0.1, 0.15) is 0 Å². The maximum absolute atomic E-state index is 12.0. The van der Waals surface area contributed by atoms with Crippen molar-refractivity contribution in [1.29, 1.82) is 0 Å². The molecule has 0 aliphatic rings. The lowest BCUT2D eigenvalue weighted by Crippen LogP contribution is -2.25. The second-order valence-electron chi connectivity index (χ2n) is 4.47. The number of para-hydroxylation sites is 1. The number of amides is 1. The van der Waals surface area contributed by atoms with Gasteiger partial charge in [0.15, 0.2) is 16.5 Å². The van der Waals surface area contributed by atoms with Crippen LogP contribution in [0.4, 0.5) is 0 Å². The van der Waals surface area contributed by atoms with Crippen LogP contribution in [-0.4, -0.2) is 29.4 Å². The summed E-state index contributed by atoms with van der Waals surface area (Å²) in [7, 11) is 1.75. The van der Waals surface area contributed by atoms with Gasteiger partial charge in [-0.25, -0.2) is 4.98 Å². The normalized spacial score (nSPS) is 10.9. The minimum atomic E-state index is -0.111. The Morgan fingerprint density at radius 3 is 2.85 bits per heavy atom. The molecule has 0 spiro atoms. The number of carbonyl (C=O) groups excluding carboxylic acids is 1. The maximum atomic E-state index is 12.0. The maximum Gasteiger partial charge on any atom is 0.289 e. The van der Waals surface area contributed by atoms with E-state index in [9.17, 15) is 4.79 Å². The van der Waals surface area contributed by atoms with Gasteiger partial charge in [-0.05, 0) is 31.2 Å². The average Bonchev–Trinajstić information content (AvgIpc) is 3.11. The Balaban J connectivity index is 1.95. The number of benzene rings is 1. The SMILES string of the molecule is CCN(C)C(=O)c1ccc(-c2nc3ccccc3s2)o1. The number of thiazole rings is 1. The fraction of sp³-hybridized carbons (Fsp3) is 0.200. The Bertz CT molecular complexity index is 727. The lowest BCUT2D eigenvalue weighted by molar-refractivity contribution is 0.0772. The van der Waals surface area contributed by atoms with Crippen LogP contribution in [0.3, 0.4) is 0 Å². The Hall–Kier alpha value is -2.14. The molecule has 2 aromatic heterocycles. The van der Waals surface area contributed by atoms with Gasteiger partial charge >= 0.3 is 0 Å². The molecule has 0 atom stereocenters. The zero-order chi connectivity index (χ0) is 14.1. The predicted octanol–water partition coefficient (Wildman–Crippen LogP) is 3.65. The van der Waals surface area contributed by atoms with Crippen molar-refractivity contribution in [3.8, 4) is 10.8 Å². The zero-order valence-corrected chi connectivity index (χ0v) is 12.1. The molecule has 0 aliphatic heterocycles. The number of rotatable bonds is 3. The predicted molar refractivity (Wildman–Crippen MR) is 80.0 cm³/mol. The molecule has 0 fully saturated rings. The van der Waals surface area contributed by atoms with Gasteiger partial charge < -0.3 is 9.32 Å². The van der Waals surface area contributed by atoms with Gasteiger partial charge in [0.2, 0.25) is 0 Å². The molecule has 1 amide bonds. The average molecular weight is 286 g/mol. The third-order valence-corrected chi connectivity index (χ3v) is 4.19. The third kappa shape index (κ3) is 2.20. The summed E-state index contributed by atoms with van der Waals surface area (Å²) in [5.74, 6) is 0.877. The Kier molecular flexibility index (Phi) is 3.28. The van der Waals surface area contributed by atoms with E-state index in [-0.39, 0.29) is 5.91 Å². The molecule has 20 heavy (non-hydrogen) atoms. The molecule has 0 aliphatic carbocycles. The van der Waals surface area contributed by atoms with Crippen molar-refractivity contribution in [2.75, 3.05) is 13.6 Å². The summed E-state index contributed by atoms with van der Waals surface area (Å²) in [6, 6.07) is 11.4. The zero-order valence-electron chi connectivity index (χ0n) is 11.3. The highest BCUT2D eigenvalue weighted by molar-refractivity contribution is 7.21. The van der Waals surface area contributed by atoms with Crippen LogP contribution in [-0.2, 0) is 0 Å². The van der Waals surface area contributed by atoms with Crippen molar-refractivity contribution in [1.82, 2.24) is 9.88 Å². The van der Waals surface area contributed by atoms with Gasteiger partial charge in [-0.2, -0.15) is 0 Å². The van der Waals surface area contributed by atoms with Crippen molar-refractivity contribution < 1.29 is 9.21 Å². The molecular formula is C15H14N2O2S. The summed E-state index contributed by atoms with van der Waals surface area (Å²) >= 11 is 1.56. The first-order chi connectivity index (χ1) is 9.69. The quantitative estimate of drug-likeness (QED) is 0.738. The van der Waals surface area contributed by atoms with E-state index in [1.165, 1.54) is 0 Å². The molecule has 2 heterocycles. The molecule has 1 aromatic carbocycles. The van der Waals surface area contributed by atoms with Crippen LogP contribution in [0, 0.1) is 0 Å². The van der Waals surface area contributed by atoms with E-state index < -0.39 is 0 Å². The number of fused-ring (bicyclic) bond motifs is 1. The number of hydrogen-bond donors (Lipinski definition) is 0. The summed E-state index contributed by atoms with van der Waals surface area (Å²) in [6.07, 6.45) is 0. The molecule has 0 unspecified atom stereocenters. The summed E-state index contributed by atoms with van der Waals surface area (Å²) in [4.78, 5) is 18.1.